The summed E-state index contributed by atoms with van der Waals surface area (Å²) in [4.78, 5) is 14.4. The first kappa shape index (κ1) is 16.4. The van der Waals surface area contributed by atoms with Gasteiger partial charge in [0.2, 0.25) is 0 Å². The van der Waals surface area contributed by atoms with E-state index in [1.807, 2.05) is 6.92 Å². The number of carbonyl (C=O) groups is 1. The number of nitrogens with zero attached hydrogens (tertiary/aromatic N) is 1. The molecule has 124 valence electrons. The highest BCUT2D eigenvalue weighted by molar-refractivity contribution is 5.95. The molecule has 1 aromatic carbocycles. The van der Waals surface area contributed by atoms with Crippen molar-refractivity contribution in [2.45, 2.75) is 26.8 Å². The fraction of sp³-hybridized carbons (Fsp3) is 0.350. The minimum Gasteiger partial charge on any atom is -0.466 e. The first-order chi connectivity index (χ1) is 11.6. The van der Waals surface area contributed by atoms with E-state index in [9.17, 15) is 4.79 Å². The number of fused-ring (bicyclic) bond motifs is 1. The average molecular weight is 322 g/mol. The van der Waals surface area contributed by atoms with Crippen molar-refractivity contribution < 1.29 is 9.21 Å². The van der Waals surface area contributed by atoms with E-state index in [2.05, 4.69) is 46.3 Å². The van der Waals surface area contributed by atoms with Gasteiger partial charge in [-0.25, -0.2) is 0 Å². The number of hydrogen-bond acceptors (Lipinski definition) is 3. The lowest BCUT2D eigenvalue weighted by Gasteiger charge is -2.26. The van der Waals surface area contributed by atoms with Gasteiger partial charge in [0.1, 0.15) is 11.5 Å². The normalized spacial score (nSPS) is 13.8. The number of nitrogens with one attached hydrogen (secondary N) is 1. The van der Waals surface area contributed by atoms with Gasteiger partial charge < -0.3 is 9.73 Å². The molecule has 1 N–H and O–H groups in total. The third-order valence-electron chi connectivity index (χ3n) is 4.26. The zero-order valence-corrected chi connectivity index (χ0v) is 14.2. The minimum atomic E-state index is -0.134. The number of carbonyl (C=O) groups excluding carboxylic acids is 1. The fourth-order valence-electron chi connectivity index (χ4n) is 3.00. The molecule has 0 aliphatic carbocycles. The lowest BCUT2D eigenvalue weighted by atomic mass is 10.0. The van der Waals surface area contributed by atoms with Crippen LogP contribution in [0.25, 0.3) is 0 Å². The number of furan rings is 1. The highest BCUT2D eigenvalue weighted by Crippen LogP contribution is 2.17. The van der Waals surface area contributed by atoms with Crippen LogP contribution < -0.4 is 5.32 Å². The second kappa shape index (κ2) is 7.37. The second-order valence-electron chi connectivity index (χ2n) is 6.09. The van der Waals surface area contributed by atoms with E-state index >= 15 is 0 Å². The Morgan fingerprint density at radius 1 is 1.25 bits per heavy atom. The Hall–Kier alpha value is -2.51. The molecule has 3 rings (SSSR count). The van der Waals surface area contributed by atoms with Crippen LogP contribution in [-0.4, -0.2) is 30.4 Å². The van der Waals surface area contributed by atoms with Crippen LogP contribution in [0, 0.1) is 25.7 Å². The maximum absolute atomic E-state index is 12.0. The van der Waals surface area contributed by atoms with Crippen LogP contribution in [0.4, 0.5) is 0 Å². The predicted octanol–water partition coefficient (Wildman–Crippen LogP) is 2.69. The number of rotatable bonds is 3. The molecule has 1 amide bonds. The minimum absolute atomic E-state index is 0.134. The summed E-state index contributed by atoms with van der Waals surface area (Å²) in [5.74, 6) is 7.43. The van der Waals surface area contributed by atoms with Gasteiger partial charge in [-0.3, -0.25) is 9.69 Å². The number of benzene rings is 1. The molecule has 4 heteroatoms. The molecule has 0 saturated heterocycles. The van der Waals surface area contributed by atoms with Crippen molar-refractivity contribution in [2.24, 2.45) is 0 Å². The molecule has 1 aromatic heterocycles. The molecule has 4 nitrogen and oxygen atoms in total. The van der Waals surface area contributed by atoms with E-state index in [1.165, 1.54) is 11.1 Å². The Kier molecular flexibility index (Phi) is 5.02. The van der Waals surface area contributed by atoms with Crippen LogP contribution in [0.15, 0.2) is 34.7 Å². The maximum atomic E-state index is 12.0. The van der Waals surface area contributed by atoms with Crippen molar-refractivity contribution in [2.75, 3.05) is 19.6 Å². The number of hydrogen-bond donors (Lipinski definition) is 1. The third kappa shape index (κ3) is 3.87. The van der Waals surface area contributed by atoms with Crippen molar-refractivity contribution in [3.8, 4) is 11.8 Å². The summed E-state index contributed by atoms with van der Waals surface area (Å²) in [6, 6.07) is 10.3. The van der Waals surface area contributed by atoms with Gasteiger partial charge in [-0.2, -0.15) is 0 Å². The average Bonchev–Trinajstić information content (AvgIpc) is 2.92. The van der Waals surface area contributed by atoms with Crippen LogP contribution in [0.2, 0.25) is 0 Å². The summed E-state index contributed by atoms with van der Waals surface area (Å²) in [6.45, 7) is 6.69. The summed E-state index contributed by atoms with van der Waals surface area (Å²) in [7, 11) is 0. The SMILES string of the molecule is Cc1cc(C(=O)NCC#CCN2CCc3ccccc3C2)c(C)o1. The summed E-state index contributed by atoms with van der Waals surface area (Å²) in [5, 5.41) is 2.82. The van der Waals surface area contributed by atoms with E-state index in [-0.39, 0.29) is 5.91 Å². The second-order valence-corrected chi connectivity index (χ2v) is 6.09. The van der Waals surface area contributed by atoms with Crippen molar-refractivity contribution in [3.05, 3.63) is 58.5 Å². The summed E-state index contributed by atoms with van der Waals surface area (Å²) in [5.41, 5.74) is 3.42. The lowest BCUT2D eigenvalue weighted by molar-refractivity contribution is 0.0957. The quantitative estimate of drug-likeness (QED) is 0.884. The van der Waals surface area contributed by atoms with Crippen LogP contribution >= 0.6 is 0 Å². The Balaban J connectivity index is 1.46. The summed E-state index contributed by atoms with van der Waals surface area (Å²) < 4.78 is 5.37. The Labute approximate surface area is 142 Å². The van der Waals surface area contributed by atoms with Gasteiger partial charge >= 0.3 is 0 Å². The Morgan fingerprint density at radius 2 is 2.04 bits per heavy atom. The molecular weight excluding hydrogens is 300 g/mol. The molecule has 24 heavy (non-hydrogen) atoms. The van der Waals surface area contributed by atoms with Gasteiger partial charge in [0, 0.05) is 13.1 Å². The predicted molar refractivity (Wildman–Crippen MR) is 93.7 cm³/mol. The van der Waals surface area contributed by atoms with Crippen LogP contribution in [-0.2, 0) is 13.0 Å². The largest absolute Gasteiger partial charge is 0.466 e. The highest BCUT2D eigenvalue weighted by Gasteiger charge is 2.14. The van der Waals surface area contributed by atoms with Crippen molar-refractivity contribution in [1.29, 1.82) is 0 Å². The molecule has 0 atom stereocenters. The monoisotopic (exact) mass is 322 g/mol. The molecular formula is C20H22N2O2. The Bertz CT molecular complexity index is 795. The number of amides is 1. The first-order valence-corrected chi connectivity index (χ1v) is 8.23. The van der Waals surface area contributed by atoms with Crippen molar-refractivity contribution in [3.63, 3.8) is 0 Å². The van der Waals surface area contributed by atoms with Gasteiger partial charge in [-0.1, -0.05) is 36.1 Å². The van der Waals surface area contributed by atoms with Crippen LogP contribution in [0.1, 0.15) is 33.0 Å². The van der Waals surface area contributed by atoms with Gasteiger partial charge in [0.25, 0.3) is 5.91 Å². The van der Waals surface area contributed by atoms with Gasteiger partial charge in [-0.15, -0.1) is 0 Å². The molecule has 1 aliphatic rings. The van der Waals surface area contributed by atoms with Gasteiger partial charge in [0.05, 0.1) is 18.7 Å². The van der Waals surface area contributed by atoms with E-state index in [0.717, 1.165) is 31.8 Å². The molecule has 0 spiro atoms. The highest BCUT2D eigenvalue weighted by atomic mass is 16.3. The van der Waals surface area contributed by atoms with Crippen LogP contribution in [0.3, 0.4) is 0 Å². The molecule has 0 fully saturated rings. The number of aryl methyl sites for hydroxylation is 2. The van der Waals surface area contributed by atoms with Crippen LogP contribution in [0.5, 0.6) is 0 Å². The molecule has 0 unspecified atom stereocenters. The standard InChI is InChI=1S/C20H22N2O2/c1-15-13-19(16(2)24-15)20(23)21-10-5-6-11-22-12-9-17-7-3-4-8-18(17)14-22/h3-4,7-8,13H,9-12,14H2,1-2H3,(H,21,23). The summed E-state index contributed by atoms with van der Waals surface area (Å²) in [6.07, 6.45) is 1.08. The summed E-state index contributed by atoms with van der Waals surface area (Å²) >= 11 is 0. The van der Waals surface area contributed by atoms with E-state index in [1.54, 1.807) is 13.0 Å². The Morgan fingerprint density at radius 3 is 2.79 bits per heavy atom. The molecule has 0 bridgehead atoms. The molecule has 2 aromatic rings. The van der Waals surface area contributed by atoms with E-state index in [0.29, 0.717) is 17.9 Å². The maximum Gasteiger partial charge on any atom is 0.255 e. The fourth-order valence-corrected chi connectivity index (χ4v) is 3.00. The van der Waals surface area contributed by atoms with E-state index < -0.39 is 0 Å². The van der Waals surface area contributed by atoms with Crippen molar-refractivity contribution in [1.82, 2.24) is 10.2 Å². The zero-order valence-electron chi connectivity index (χ0n) is 14.2. The third-order valence-corrected chi connectivity index (χ3v) is 4.26. The zero-order chi connectivity index (χ0) is 16.9. The molecule has 0 saturated carbocycles. The van der Waals surface area contributed by atoms with Gasteiger partial charge in [0.15, 0.2) is 0 Å². The lowest BCUT2D eigenvalue weighted by Crippen LogP contribution is -2.31. The van der Waals surface area contributed by atoms with Crippen molar-refractivity contribution >= 4 is 5.91 Å². The molecule has 0 radical (unpaired) electrons. The van der Waals surface area contributed by atoms with Gasteiger partial charge in [-0.05, 0) is 37.5 Å². The first-order valence-electron chi connectivity index (χ1n) is 8.23. The smallest absolute Gasteiger partial charge is 0.255 e. The molecule has 2 heterocycles. The van der Waals surface area contributed by atoms with E-state index in [4.69, 9.17) is 4.42 Å². The topological polar surface area (TPSA) is 45.5 Å². The molecule has 1 aliphatic heterocycles.